The minimum Gasteiger partial charge on any atom is -0.292 e. The second-order valence-electron chi connectivity index (χ2n) is 3.70. The number of hydrogen-bond acceptors (Lipinski definition) is 5. The number of ketones is 1. The standard InChI is InChI=1S/C10H6Cl2N2O4S/c1-13-8(16)9(17)14(10(13)18)3-5(15)4-2-6(11)19-7(4)12/h2H,3H2,1H3. The third-order valence-electron chi connectivity index (χ3n) is 2.51. The predicted molar refractivity (Wildman–Crippen MR) is 68.5 cm³/mol. The number of rotatable bonds is 3. The van der Waals surface area contributed by atoms with Gasteiger partial charge in [-0.05, 0) is 6.07 Å². The van der Waals surface area contributed by atoms with Crippen molar-refractivity contribution < 1.29 is 19.2 Å². The molecule has 1 fully saturated rings. The molecule has 1 aliphatic heterocycles. The molecule has 1 saturated heterocycles. The fourth-order valence-electron chi connectivity index (χ4n) is 1.51. The Labute approximate surface area is 121 Å². The molecule has 0 aromatic carbocycles. The summed E-state index contributed by atoms with van der Waals surface area (Å²) < 4.78 is 0.495. The quantitative estimate of drug-likeness (QED) is 0.482. The van der Waals surface area contributed by atoms with E-state index in [-0.39, 0.29) is 9.90 Å². The summed E-state index contributed by atoms with van der Waals surface area (Å²) in [6, 6.07) is 0.522. The van der Waals surface area contributed by atoms with Gasteiger partial charge in [-0.15, -0.1) is 11.3 Å². The summed E-state index contributed by atoms with van der Waals surface area (Å²) in [5.74, 6) is -2.55. The molecule has 1 aromatic rings. The zero-order valence-electron chi connectivity index (χ0n) is 9.48. The number of thiophene rings is 1. The fraction of sp³-hybridized carbons (Fsp3) is 0.200. The number of likely N-dealkylation sites (N-methyl/N-ethyl adjacent to an activating group) is 1. The first kappa shape index (κ1) is 14.0. The molecular weight excluding hydrogens is 315 g/mol. The van der Waals surface area contributed by atoms with E-state index in [1.165, 1.54) is 13.1 Å². The van der Waals surface area contributed by atoms with Crippen LogP contribution in [0.5, 0.6) is 0 Å². The van der Waals surface area contributed by atoms with Crippen LogP contribution in [-0.2, 0) is 9.59 Å². The molecule has 6 nitrogen and oxygen atoms in total. The number of nitrogens with zero attached hydrogens (tertiary/aromatic N) is 2. The molecule has 0 unspecified atom stereocenters. The van der Waals surface area contributed by atoms with Crippen molar-refractivity contribution in [2.24, 2.45) is 0 Å². The van der Waals surface area contributed by atoms with Gasteiger partial charge in [0.25, 0.3) is 0 Å². The van der Waals surface area contributed by atoms with Crippen LogP contribution < -0.4 is 0 Å². The highest BCUT2D eigenvalue weighted by Gasteiger charge is 2.43. The zero-order chi connectivity index (χ0) is 14.3. The lowest BCUT2D eigenvalue weighted by atomic mass is 10.2. The predicted octanol–water partition coefficient (Wildman–Crippen LogP) is 1.66. The van der Waals surface area contributed by atoms with E-state index in [4.69, 9.17) is 23.2 Å². The minimum absolute atomic E-state index is 0.124. The van der Waals surface area contributed by atoms with E-state index >= 15 is 0 Å². The van der Waals surface area contributed by atoms with Crippen LogP contribution in [0.4, 0.5) is 4.79 Å². The Hall–Kier alpha value is -1.44. The van der Waals surface area contributed by atoms with E-state index in [9.17, 15) is 19.2 Å². The third-order valence-corrected chi connectivity index (χ3v) is 4.00. The zero-order valence-corrected chi connectivity index (χ0v) is 11.8. The second-order valence-corrected chi connectivity index (χ2v) is 5.98. The molecular formula is C10H6Cl2N2O4S. The third kappa shape index (κ3) is 2.36. The average Bonchev–Trinajstić information content (AvgIpc) is 2.78. The van der Waals surface area contributed by atoms with Gasteiger partial charge in [-0.25, -0.2) is 9.69 Å². The molecule has 4 amide bonds. The highest BCUT2D eigenvalue weighted by atomic mass is 35.5. The van der Waals surface area contributed by atoms with Crippen molar-refractivity contribution in [3.63, 3.8) is 0 Å². The molecule has 9 heteroatoms. The van der Waals surface area contributed by atoms with Crippen molar-refractivity contribution in [2.45, 2.75) is 0 Å². The van der Waals surface area contributed by atoms with Crippen molar-refractivity contribution in [1.82, 2.24) is 9.80 Å². The minimum atomic E-state index is -1.03. The number of urea groups is 1. The number of carbonyl (C=O) groups excluding carboxylic acids is 4. The molecule has 0 radical (unpaired) electrons. The number of amides is 4. The lowest BCUT2D eigenvalue weighted by molar-refractivity contribution is -0.142. The Morgan fingerprint density at radius 1 is 1.26 bits per heavy atom. The van der Waals surface area contributed by atoms with Gasteiger partial charge in [0, 0.05) is 7.05 Å². The molecule has 0 aliphatic carbocycles. The lowest BCUT2D eigenvalue weighted by Gasteiger charge is -2.11. The van der Waals surface area contributed by atoms with Crippen LogP contribution in [0.15, 0.2) is 6.07 Å². The van der Waals surface area contributed by atoms with E-state index in [2.05, 4.69) is 0 Å². The molecule has 0 N–H and O–H groups in total. The monoisotopic (exact) mass is 320 g/mol. The Morgan fingerprint density at radius 3 is 2.32 bits per heavy atom. The number of halogens is 2. The summed E-state index contributed by atoms with van der Waals surface area (Å²) in [7, 11) is 1.17. The molecule has 2 heterocycles. The topological polar surface area (TPSA) is 74.8 Å². The van der Waals surface area contributed by atoms with Crippen LogP contribution in [0.3, 0.4) is 0 Å². The summed E-state index contributed by atoms with van der Waals surface area (Å²) in [6.45, 7) is -0.541. The van der Waals surface area contributed by atoms with E-state index < -0.39 is 30.2 Å². The highest BCUT2D eigenvalue weighted by Crippen LogP contribution is 2.31. The van der Waals surface area contributed by atoms with Crippen molar-refractivity contribution in [3.8, 4) is 0 Å². The normalized spacial score (nSPS) is 15.6. The van der Waals surface area contributed by atoms with Crippen molar-refractivity contribution >= 4 is 58.2 Å². The van der Waals surface area contributed by atoms with Crippen LogP contribution in [-0.4, -0.2) is 47.0 Å². The van der Waals surface area contributed by atoms with Crippen LogP contribution in [0.25, 0.3) is 0 Å². The number of Topliss-reactive ketones (excluding diaryl/α,β-unsaturated/α-hetero) is 1. The van der Waals surface area contributed by atoms with Gasteiger partial charge in [0.15, 0.2) is 5.78 Å². The molecule has 0 spiro atoms. The van der Waals surface area contributed by atoms with Gasteiger partial charge in [-0.1, -0.05) is 23.2 Å². The van der Waals surface area contributed by atoms with E-state index in [0.717, 1.165) is 11.3 Å². The summed E-state index contributed by atoms with van der Waals surface area (Å²) in [5.41, 5.74) is 0.124. The van der Waals surface area contributed by atoms with Crippen molar-refractivity contribution in [3.05, 3.63) is 20.3 Å². The first-order chi connectivity index (χ1) is 8.82. The Morgan fingerprint density at radius 2 is 1.89 bits per heavy atom. The molecule has 0 atom stereocenters. The Kier molecular flexibility index (Phi) is 3.62. The van der Waals surface area contributed by atoms with E-state index in [1.54, 1.807) is 0 Å². The molecule has 19 heavy (non-hydrogen) atoms. The van der Waals surface area contributed by atoms with Gasteiger partial charge < -0.3 is 0 Å². The van der Waals surface area contributed by atoms with Crippen LogP contribution in [0, 0.1) is 0 Å². The maximum Gasteiger partial charge on any atom is 0.334 e. The van der Waals surface area contributed by atoms with E-state index in [1.807, 2.05) is 0 Å². The summed E-state index contributed by atoms with van der Waals surface area (Å²) in [5, 5.41) is 0. The SMILES string of the molecule is CN1C(=O)C(=O)N(CC(=O)c2cc(Cl)sc2Cl)C1=O. The van der Waals surface area contributed by atoms with Crippen LogP contribution in [0.2, 0.25) is 8.67 Å². The highest BCUT2D eigenvalue weighted by molar-refractivity contribution is 7.20. The number of carbonyl (C=O) groups is 4. The van der Waals surface area contributed by atoms with Crippen LogP contribution in [0.1, 0.15) is 10.4 Å². The van der Waals surface area contributed by atoms with Gasteiger partial charge in [0.1, 0.15) is 4.34 Å². The molecule has 0 bridgehead atoms. The van der Waals surface area contributed by atoms with Crippen LogP contribution >= 0.6 is 34.5 Å². The van der Waals surface area contributed by atoms with Gasteiger partial charge in [-0.2, -0.15) is 0 Å². The maximum absolute atomic E-state index is 11.9. The van der Waals surface area contributed by atoms with E-state index in [0.29, 0.717) is 14.1 Å². The van der Waals surface area contributed by atoms with Gasteiger partial charge in [-0.3, -0.25) is 19.3 Å². The van der Waals surface area contributed by atoms with Crippen molar-refractivity contribution in [1.29, 1.82) is 0 Å². The number of imide groups is 2. The molecule has 100 valence electrons. The van der Waals surface area contributed by atoms with Crippen molar-refractivity contribution in [2.75, 3.05) is 13.6 Å². The maximum atomic E-state index is 11.9. The summed E-state index contributed by atoms with van der Waals surface area (Å²) in [6.07, 6.45) is 0. The van der Waals surface area contributed by atoms with Gasteiger partial charge >= 0.3 is 17.8 Å². The largest absolute Gasteiger partial charge is 0.334 e. The molecule has 1 aromatic heterocycles. The first-order valence-electron chi connectivity index (χ1n) is 4.94. The average molecular weight is 321 g/mol. The molecule has 0 saturated carbocycles. The second kappa shape index (κ2) is 4.92. The van der Waals surface area contributed by atoms with Gasteiger partial charge in [0.05, 0.1) is 16.4 Å². The summed E-state index contributed by atoms with van der Waals surface area (Å²) >= 11 is 12.5. The molecule has 1 aliphatic rings. The Balaban J connectivity index is 2.20. The smallest absolute Gasteiger partial charge is 0.292 e. The summed E-state index contributed by atoms with van der Waals surface area (Å²) in [4.78, 5) is 47.5. The molecule has 2 rings (SSSR count). The first-order valence-corrected chi connectivity index (χ1v) is 6.51. The van der Waals surface area contributed by atoms with Gasteiger partial charge in [0.2, 0.25) is 0 Å². The number of hydrogen-bond donors (Lipinski definition) is 0. The lowest BCUT2D eigenvalue weighted by Crippen LogP contribution is -2.36. The fourth-order valence-corrected chi connectivity index (χ4v) is 3.01. The Bertz CT molecular complexity index is 613.